The molecule has 0 aliphatic rings. The maximum atomic E-state index is 11.0. The van der Waals surface area contributed by atoms with Crippen molar-refractivity contribution in [3.05, 3.63) is 29.3 Å². The zero-order chi connectivity index (χ0) is 13.9. The van der Waals surface area contributed by atoms with Gasteiger partial charge >= 0.3 is 5.97 Å². The number of hydrogen-bond acceptors (Lipinski definition) is 3. The molecule has 0 aliphatic heterocycles. The first-order valence-electron chi connectivity index (χ1n) is 5.34. The fourth-order valence-corrected chi connectivity index (χ4v) is 1.45. The molecule has 0 saturated carbocycles. The van der Waals surface area contributed by atoms with Crippen molar-refractivity contribution in [3.8, 4) is 6.07 Å². The molecular formula is C13H14N2O3. The molecule has 1 aromatic carbocycles. The maximum absolute atomic E-state index is 11.0. The van der Waals surface area contributed by atoms with E-state index in [1.54, 1.807) is 19.9 Å². The third kappa shape index (κ3) is 3.08. The number of nitriles is 1. The second kappa shape index (κ2) is 4.88. The van der Waals surface area contributed by atoms with Crippen molar-refractivity contribution >= 4 is 17.6 Å². The lowest BCUT2D eigenvalue weighted by Crippen LogP contribution is -2.16. The number of benzene rings is 1. The number of rotatable bonds is 3. The van der Waals surface area contributed by atoms with Crippen LogP contribution in [-0.4, -0.2) is 17.0 Å². The number of aromatic carboxylic acids is 1. The summed E-state index contributed by atoms with van der Waals surface area (Å²) in [6.07, 6.45) is 0. The Bertz CT molecular complexity index is 542. The molecule has 94 valence electrons. The number of carboxylic acids is 1. The van der Waals surface area contributed by atoms with E-state index in [0.29, 0.717) is 11.3 Å². The minimum absolute atomic E-state index is 0.0413. The van der Waals surface area contributed by atoms with Crippen LogP contribution in [0.2, 0.25) is 0 Å². The number of hydrogen-bond donors (Lipinski definition) is 2. The zero-order valence-electron chi connectivity index (χ0n) is 10.4. The molecule has 0 atom stereocenters. The number of carboxylic acid groups (broad SMARTS) is 1. The second-order valence-electron chi connectivity index (χ2n) is 4.52. The minimum atomic E-state index is -1.10. The summed E-state index contributed by atoms with van der Waals surface area (Å²) in [6.45, 7) is 4.71. The van der Waals surface area contributed by atoms with Gasteiger partial charge in [-0.1, -0.05) is 0 Å². The van der Waals surface area contributed by atoms with Crippen molar-refractivity contribution in [2.24, 2.45) is 0 Å². The second-order valence-corrected chi connectivity index (χ2v) is 4.52. The molecule has 0 fully saturated rings. The van der Waals surface area contributed by atoms with Crippen LogP contribution >= 0.6 is 0 Å². The van der Waals surface area contributed by atoms with E-state index >= 15 is 0 Å². The molecule has 0 bridgehead atoms. The number of anilines is 1. The van der Waals surface area contributed by atoms with E-state index < -0.39 is 11.4 Å². The number of carbonyl (C=O) groups excluding carboxylic acids is 1. The average molecular weight is 246 g/mol. The molecule has 2 N–H and O–H groups in total. The summed E-state index contributed by atoms with van der Waals surface area (Å²) in [5, 5.41) is 20.6. The van der Waals surface area contributed by atoms with Crippen molar-refractivity contribution in [1.29, 1.82) is 5.26 Å². The first kappa shape index (κ1) is 13.7. The van der Waals surface area contributed by atoms with E-state index in [1.165, 1.54) is 19.1 Å². The lowest BCUT2D eigenvalue weighted by Gasteiger charge is -2.18. The highest BCUT2D eigenvalue weighted by Crippen LogP contribution is 2.26. The fraction of sp³-hybridized carbons (Fsp3) is 0.308. The van der Waals surface area contributed by atoms with Gasteiger partial charge in [-0.15, -0.1) is 0 Å². The zero-order valence-corrected chi connectivity index (χ0v) is 10.4. The van der Waals surface area contributed by atoms with Crippen LogP contribution in [-0.2, 0) is 10.2 Å². The molecular weight excluding hydrogens is 232 g/mol. The Labute approximate surface area is 105 Å². The molecule has 0 radical (unpaired) electrons. The smallest absolute Gasteiger partial charge is 0.335 e. The molecule has 5 nitrogen and oxygen atoms in total. The van der Waals surface area contributed by atoms with Gasteiger partial charge in [-0.3, -0.25) is 4.79 Å². The van der Waals surface area contributed by atoms with Gasteiger partial charge in [0.2, 0.25) is 5.91 Å². The van der Waals surface area contributed by atoms with Crippen LogP contribution in [0.1, 0.15) is 36.7 Å². The van der Waals surface area contributed by atoms with Crippen LogP contribution in [0.25, 0.3) is 0 Å². The molecule has 0 aliphatic carbocycles. The molecule has 1 amide bonds. The Kier molecular flexibility index (Phi) is 3.72. The largest absolute Gasteiger partial charge is 0.478 e. The standard InChI is InChI=1S/C13H14N2O3/c1-8(16)15-11-5-9(12(17)18)4-10(6-11)13(2,3)7-14/h4-6H,1-3H3,(H,15,16)(H,17,18). The van der Waals surface area contributed by atoms with Crippen molar-refractivity contribution in [1.82, 2.24) is 0 Å². The van der Waals surface area contributed by atoms with Gasteiger partial charge in [-0.05, 0) is 37.6 Å². The summed E-state index contributed by atoms with van der Waals surface area (Å²) in [5.41, 5.74) is 0.146. The summed E-state index contributed by atoms with van der Waals surface area (Å²) in [7, 11) is 0. The number of carbonyl (C=O) groups is 2. The van der Waals surface area contributed by atoms with Crippen molar-refractivity contribution < 1.29 is 14.7 Å². The Morgan fingerprint density at radius 3 is 2.39 bits per heavy atom. The lowest BCUT2D eigenvalue weighted by molar-refractivity contribution is -0.114. The topological polar surface area (TPSA) is 90.2 Å². The van der Waals surface area contributed by atoms with Gasteiger partial charge in [0.05, 0.1) is 17.0 Å². The molecule has 5 heteroatoms. The van der Waals surface area contributed by atoms with Gasteiger partial charge in [0.25, 0.3) is 0 Å². The number of amides is 1. The van der Waals surface area contributed by atoms with Gasteiger partial charge in [-0.2, -0.15) is 5.26 Å². The van der Waals surface area contributed by atoms with Gasteiger partial charge in [0.1, 0.15) is 0 Å². The maximum Gasteiger partial charge on any atom is 0.335 e. The van der Waals surface area contributed by atoms with Crippen molar-refractivity contribution in [2.45, 2.75) is 26.2 Å². The summed E-state index contributed by atoms with van der Waals surface area (Å²) in [5.74, 6) is -1.39. The first-order chi connectivity index (χ1) is 8.26. The highest BCUT2D eigenvalue weighted by atomic mass is 16.4. The summed E-state index contributed by atoms with van der Waals surface area (Å²) < 4.78 is 0. The van der Waals surface area contributed by atoms with Crippen LogP contribution in [0.15, 0.2) is 18.2 Å². The van der Waals surface area contributed by atoms with E-state index in [4.69, 9.17) is 10.4 Å². The van der Waals surface area contributed by atoms with E-state index in [9.17, 15) is 9.59 Å². The van der Waals surface area contributed by atoms with Crippen LogP contribution in [0, 0.1) is 11.3 Å². The van der Waals surface area contributed by atoms with Gasteiger partial charge < -0.3 is 10.4 Å². The average Bonchev–Trinajstić information content (AvgIpc) is 2.27. The number of nitrogens with one attached hydrogen (secondary N) is 1. The third-order valence-electron chi connectivity index (χ3n) is 2.50. The number of nitrogens with zero attached hydrogens (tertiary/aromatic N) is 1. The monoisotopic (exact) mass is 246 g/mol. The molecule has 18 heavy (non-hydrogen) atoms. The van der Waals surface area contributed by atoms with Crippen molar-refractivity contribution in [3.63, 3.8) is 0 Å². The van der Waals surface area contributed by atoms with Gasteiger partial charge in [0, 0.05) is 12.6 Å². The van der Waals surface area contributed by atoms with Crippen LogP contribution in [0.5, 0.6) is 0 Å². The predicted octanol–water partition coefficient (Wildman–Crippen LogP) is 2.14. The summed E-state index contributed by atoms with van der Waals surface area (Å²) >= 11 is 0. The van der Waals surface area contributed by atoms with E-state index in [1.807, 2.05) is 0 Å². The highest BCUT2D eigenvalue weighted by Gasteiger charge is 2.22. The summed E-state index contributed by atoms with van der Waals surface area (Å²) in [4.78, 5) is 22.0. The third-order valence-corrected chi connectivity index (χ3v) is 2.50. The van der Waals surface area contributed by atoms with E-state index in [2.05, 4.69) is 11.4 Å². The quantitative estimate of drug-likeness (QED) is 0.854. The predicted molar refractivity (Wildman–Crippen MR) is 66.3 cm³/mol. The molecule has 1 rings (SSSR count). The fourth-order valence-electron chi connectivity index (χ4n) is 1.45. The molecule has 0 heterocycles. The van der Waals surface area contributed by atoms with Gasteiger partial charge in [-0.25, -0.2) is 4.79 Å². The molecule has 0 aromatic heterocycles. The molecule has 1 aromatic rings. The minimum Gasteiger partial charge on any atom is -0.478 e. The normalized spacial score (nSPS) is 10.6. The highest BCUT2D eigenvalue weighted by molar-refractivity contribution is 5.93. The Balaban J connectivity index is 3.36. The van der Waals surface area contributed by atoms with Crippen LogP contribution in [0.4, 0.5) is 5.69 Å². The molecule has 0 spiro atoms. The molecule has 0 unspecified atom stereocenters. The van der Waals surface area contributed by atoms with Gasteiger partial charge in [0.15, 0.2) is 0 Å². The van der Waals surface area contributed by atoms with E-state index in [-0.39, 0.29) is 11.5 Å². The lowest BCUT2D eigenvalue weighted by atomic mass is 9.85. The Morgan fingerprint density at radius 1 is 1.33 bits per heavy atom. The van der Waals surface area contributed by atoms with E-state index in [0.717, 1.165) is 0 Å². The Hall–Kier alpha value is -2.35. The van der Waals surface area contributed by atoms with Crippen LogP contribution in [0.3, 0.4) is 0 Å². The first-order valence-corrected chi connectivity index (χ1v) is 5.34. The Morgan fingerprint density at radius 2 is 1.94 bits per heavy atom. The van der Waals surface area contributed by atoms with Crippen LogP contribution < -0.4 is 5.32 Å². The summed E-state index contributed by atoms with van der Waals surface area (Å²) in [6, 6.07) is 6.51. The van der Waals surface area contributed by atoms with Crippen molar-refractivity contribution in [2.75, 3.05) is 5.32 Å². The molecule has 0 saturated heterocycles. The SMILES string of the molecule is CC(=O)Nc1cc(C(=O)O)cc(C(C)(C)C#N)c1.